The van der Waals surface area contributed by atoms with Gasteiger partial charge in [0, 0.05) is 13.1 Å². The molecule has 0 bridgehead atoms. The van der Waals surface area contributed by atoms with Crippen molar-refractivity contribution in [2.24, 2.45) is 5.73 Å². The van der Waals surface area contributed by atoms with Crippen LogP contribution in [0.15, 0.2) is 0 Å². The van der Waals surface area contributed by atoms with Gasteiger partial charge in [-0.15, -0.1) is 0 Å². The Hall–Kier alpha value is -1.30. The van der Waals surface area contributed by atoms with E-state index in [1.54, 1.807) is 18.7 Å². The predicted octanol–water partition coefficient (Wildman–Crippen LogP) is -0.583. The molecule has 1 aliphatic rings. The molecular weight excluding hydrogens is 210 g/mol. The SMILES string of the molecule is CC(NC(N)=O)C(=O)N1CCC(C)(O)CC1. The standard InChI is InChI=1S/C10H19N3O3/c1-7(12-9(11)15)8(14)13-5-3-10(2,16)4-6-13/h7,16H,3-6H2,1-2H3,(H3,11,12,15). The number of piperidine rings is 1. The molecule has 0 radical (unpaired) electrons. The summed E-state index contributed by atoms with van der Waals surface area (Å²) in [5.41, 5.74) is 4.26. The molecule has 92 valence electrons. The maximum atomic E-state index is 11.8. The number of likely N-dealkylation sites (tertiary alicyclic amines) is 1. The topological polar surface area (TPSA) is 95.7 Å². The van der Waals surface area contributed by atoms with E-state index < -0.39 is 17.7 Å². The maximum absolute atomic E-state index is 11.8. The Balaban J connectivity index is 2.47. The van der Waals surface area contributed by atoms with Crippen LogP contribution in [0.1, 0.15) is 26.7 Å². The highest BCUT2D eigenvalue weighted by Crippen LogP contribution is 2.21. The lowest BCUT2D eigenvalue weighted by molar-refractivity contribution is -0.136. The van der Waals surface area contributed by atoms with Crippen LogP contribution in [0.2, 0.25) is 0 Å². The van der Waals surface area contributed by atoms with Gasteiger partial charge in [-0.2, -0.15) is 0 Å². The maximum Gasteiger partial charge on any atom is 0.312 e. The number of nitrogens with zero attached hydrogens (tertiary/aromatic N) is 1. The van der Waals surface area contributed by atoms with Crippen molar-refractivity contribution in [3.63, 3.8) is 0 Å². The summed E-state index contributed by atoms with van der Waals surface area (Å²) < 4.78 is 0. The molecule has 1 heterocycles. The molecule has 1 saturated heterocycles. The molecule has 1 atom stereocenters. The van der Waals surface area contributed by atoms with E-state index in [0.29, 0.717) is 25.9 Å². The molecule has 0 aromatic heterocycles. The lowest BCUT2D eigenvalue weighted by Gasteiger charge is -2.36. The van der Waals surface area contributed by atoms with Crippen LogP contribution in [0, 0.1) is 0 Å². The lowest BCUT2D eigenvalue weighted by Crippen LogP contribution is -2.52. The highest BCUT2D eigenvalue weighted by atomic mass is 16.3. The van der Waals surface area contributed by atoms with E-state index in [2.05, 4.69) is 5.32 Å². The van der Waals surface area contributed by atoms with Crippen LogP contribution < -0.4 is 11.1 Å². The zero-order valence-corrected chi connectivity index (χ0v) is 9.69. The quantitative estimate of drug-likeness (QED) is 0.591. The second-order valence-corrected chi connectivity index (χ2v) is 4.55. The highest BCUT2D eigenvalue weighted by molar-refractivity contribution is 5.86. The minimum absolute atomic E-state index is 0.158. The summed E-state index contributed by atoms with van der Waals surface area (Å²) >= 11 is 0. The summed E-state index contributed by atoms with van der Waals surface area (Å²) in [6.07, 6.45) is 1.12. The van der Waals surface area contributed by atoms with E-state index >= 15 is 0 Å². The first-order chi connectivity index (χ1) is 7.32. The molecule has 1 rings (SSSR count). The van der Waals surface area contributed by atoms with Gasteiger partial charge in [-0.25, -0.2) is 4.79 Å². The molecule has 1 unspecified atom stereocenters. The number of urea groups is 1. The zero-order chi connectivity index (χ0) is 12.3. The van der Waals surface area contributed by atoms with Gasteiger partial charge in [0.2, 0.25) is 5.91 Å². The summed E-state index contributed by atoms with van der Waals surface area (Å²) in [5.74, 6) is -0.158. The number of nitrogens with one attached hydrogen (secondary N) is 1. The smallest absolute Gasteiger partial charge is 0.312 e. The highest BCUT2D eigenvalue weighted by Gasteiger charge is 2.31. The molecule has 1 fully saturated rings. The number of amides is 3. The van der Waals surface area contributed by atoms with Crippen LogP contribution in [0.4, 0.5) is 4.79 Å². The number of carbonyl (C=O) groups excluding carboxylic acids is 2. The van der Waals surface area contributed by atoms with Gasteiger partial charge in [-0.05, 0) is 26.7 Å². The fourth-order valence-electron chi connectivity index (χ4n) is 1.76. The van der Waals surface area contributed by atoms with E-state index in [1.165, 1.54) is 0 Å². The summed E-state index contributed by atoms with van der Waals surface area (Å²) in [5, 5.41) is 12.1. The Labute approximate surface area is 94.8 Å². The Kier molecular flexibility index (Phi) is 3.74. The number of nitrogens with two attached hydrogens (primary N) is 1. The second-order valence-electron chi connectivity index (χ2n) is 4.55. The molecule has 0 spiro atoms. The summed E-state index contributed by atoms with van der Waals surface area (Å²) in [4.78, 5) is 24.1. The number of carbonyl (C=O) groups is 2. The first-order valence-corrected chi connectivity index (χ1v) is 5.39. The number of hydrogen-bond donors (Lipinski definition) is 3. The van der Waals surface area contributed by atoms with Crippen LogP contribution >= 0.6 is 0 Å². The van der Waals surface area contributed by atoms with Gasteiger partial charge in [-0.1, -0.05) is 0 Å². The van der Waals surface area contributed by atoms with Crippen LogP contribution in [0.3, 0.4) is 0 Å². The van der Waals surface area contributed by atoms with Gasteiger partial charge in [-0.3, -0.25) is 4.79 Å². The van der Waals surface area contributed by atoms with E-state index in [9.17, 15) is 14.7 Å². The molecule has 0 aliphatic carbocycles. The summed E-state index contributed by atoms with van der Waals surface area (Å²) in [6.45, 7) is 4.38. The first-order valence-electron chi connectivity index (χ1n) is 5.39. The van der Waals surface area contributed by atoms with Gasteiger partial charge < -0.3 is 21.1 Å². The molecule has 0 saturated carbocycles. The van der Waals surface area contributed by atoms with Crippen LogP contribution in [0.25, 0.3) is 0 Å². The lowest BCUT2D eigenvalue weighted by atomic mass is 9.93. The van der Waals surface area contributed by atoms with Crippen molar-refractivity contribution in [1.29, 1.82) is 0 Å². The van der Waals surface area contributed by atoms with Crippen LogP contribution in [-0.4, -0.2) is 46.7 Å². The monoisotopic (exact) mass is 229 g/mol. The second kappa shape index (κ2) is 4.69. The molecule has 4 N–H and O–H groups in total. The normalized spacial score (nSPS) is 21.3. The number of rotatable bonds is 2. The minimum atomic E-state index is -0.704. The van der Waals surface area contributed by atoms with E-state index in [1.807, 2.05) is 0 Å². The predicted molar refractivity (Wildman–Crippen MR) is 58.6 cm³/mol. The number of primary amides is 1. The number of aliphatic hydroxyl groups is 1. The molecule has 0 aromatic carbocycles. The fourth-order valence-corrected chi connectivity index (χ4v) is 1.76. The number of hydrogen-bond acceptors (Lipinski definition) is 3. The third kappa shape index (κ3) is 3.37. The third-order valence-electron chi connectivity index (χ3n) is 2.88. The first kappa shape index (κ1) is 12.8. The van der Waals surface area contributed by atoms with E-state index in [4.69, 9.17) is 5.73 Å². The van der Waals surface area contributed by atoms with Gasteiger partial charge in [0.05, 0.1) is 5.60 Å². The largest absolute Gasteiger partial charge is 0.390 e. The van der Waals surface area contributed by atoms with Crippen molar-refractivity contribution in [2.45, 2.75) is 38.3 Å². The molecule has 16 heavy (non-hydrogen) atoms. The molecule has 3 amide bonds. The van der Waals surface area contributed by atoms with Gasteiger partial charge in [0.25, 0.3) is 0 Å². The van der Waals surface area contributed by atoms with Crippen LogP contribution in [0.5, 0.6) is 0 Å². The molecule has 0 aromatic rings. The molecule has 6 heteroatoms. The van der Waals surface area contributed by atoms with Crippen molar-refractivity contribution in [3.05, 3.63) is 0 Å². The summed E-state index contributed by atoms with van der Waals surface area (Å²) in [6, 6.07) is -1.31. The zero-order valence-electron chi connectivity index (χ0n) is 9.69. The molecule has 6 nitrogen and oxygen atoms in total. The Morgan fingerprint density at radius 2 is 1.94 bits per heavy atom. The van der Waals surface area contributed by atoms with Gasteiger partial charge in [0.15, 0.2) is 0 Å². The van der Waals surface area contributed by atoms with Gasteiger partial charge in [0.1, 0.15) is 6.04 Å². The minimum Gasteiger partial charge on any atom is -0.390 e. The average molecular weight is 229 g/mol. The van der Waals surface area contributed by atoms with Crippen LogP contribution in [-0.2, 0) is 4.79 Å². The van der Waals surface area contributed by atoms with E-state index in [-0.39, 0.29) is 5.91 Å². The van der Waals surface area contributed by atoms with E-state index in [0.717, 1.165) is 0 Å². The Bertz CT molecular complexity index is 281. The third-order valence-corrected chi connectivity index (χ3v) is 2.88. The van der Waals surface area contributed by atoms with Crippen molar-refractivity contribution < 1.29 is 14.7 Å². The average Bonchev–Trinajstić information content (AvgIpc) is 2.15. The van der Waals surface area contributed by atoms with Crippen molar-refractivity contribution in [1.82, 2.24) is 10.2 Å². The van der Waals surface area contributed by atoms with Crippen molar-refractivity contribution in [2.75, 3.05) is 13.1 Å². The van der Waals surface area contributed by atoms with Crippen molar-refractivity contribution in [3.8, 4) is 0 Å². The van der Waals surface area contributed by atoms with Crippen molar-refractivity contribution >= 4 is 11.9 Å². The Morgan fingerprint density at radius 1 is 1.44 bits per heavy atom. The molecule has 1 aliphatic heterocycles. The molecular formula is C10H19N3O3. The Morgan fingerprint density at radius 3 is 2.38 bits per heavy atom. The fraction of sp³-hybridized carbons (Fsp3) is 0.800. The summed E-state index contributed by atoms with van der Waals surface area (Å²) in [7, 11) is 0. The van der Waals surface area contributed by atoms with Gasteiger partial charge >= 0.3 is 6.03 Å².